The van der Waals surface area contributed by atoms with Crippen molar-refractivity contribution in [1.82, 2.24) is 14.5 Å². The number of hydrogen-bond donors (Lipinski definition) is 2. The van der Waals surface area contributed by atoms with Crippen molar-refractivity contribution in [3.63, 3.8) is 0 Å². The predicted molar refractivity (Wildman–Crippen MR) is 118 cm³/mol. The lowest BCUT2D eigenvalue weighted by molar-refractivity contribution is -0.113. The number of aromatic nitrogens is 3. The van der Waals surface area contributed by atoms with Crippen LogP contribution in [0.1, 0.15) is 22.6 Å². The van der Waals surface area contributed by atoms with Gasteiger partial charge in [0.15, 0.2) is 5.16 Å². The zero-order chi connectivity index (χ0) is 21.3. The Morgan fingerprint density at radius 3 is 2.77 bits per heavy atom. The number of carbonyl (C=O) groups excluding carboxylic acids is 1. The smallest absolute Gasteiger partial charge is 0.278 e. The molecule has 0 aliphatic carbocycles. The Balaban J connectivity index is 1.58. The minimum atomic E-state index is -0.193. The van der Waals surface area contributed by atoms with E-state index in [9.17, 15) is 9.59 Å². The number of rotatable bonds is 6. The molecule has 1 amide bonds. The first-order chi connectivity index (χ1) is 14.4. The summed E-state index contributed by atoms with van der Waals surface area (Å²) >= 11 is 1.23. The molecule has 30 heavy (non-hydrogen) atoms. The van der Waals surface area contributed by atoms with E-state index in [-0.39, 0.29) is 23.8 Å². The Hall–Kier alpha value is -3.26. The summed E-state index contributed by atoms with van der Waals surface area (Å²) in [5, 5.41) is 3.37. The number of furan rings is 1. The summed E-state index contributed by atoms with van der Waals surface area (Å²) < 4.78 is 6.94. The fraction of sp³-hybridized carbons (Fsp3) is 0.227. The van der Waals surface area contributed by atoms with E-state index in [1.165, 1.54) is 21.9 Å². The summed E-state index contributed by atoms with van der Waals surface area (Å²) in [5.41, 5.74) is 4.73. The first kappa shape index (κ1) is 20.0. The van der Waals surface area contributed by atoms with Gasteiger partial charge in [0.1, 0.15) is 11.3 Å². The number of aryl methyl sites for hydroxylation is 3. The summed E-state index contributed by atoms with van der Waals surface area (Å²) in [5.74, 6) is 0.613. The lowest BCUT2D eigenvalue weighted by Crippen LogP contribution is -2.24. The number of H-pyrrole nitrogens is 1. The van der Waals surface area contributed by atoms with Gasteiger partial charge in [-0.1, -0.05) is 17.8 Å². The highest BCUT2D eigenvalue weighted by molar-refractivity contribution is 7.99. The molecule has 0 aliphatic heterocycles. The third-order valence-electron chi connectivity index (χ3n) is 4.85. The van der Waals surface area contributed by atoms with Gasteiger partial charge in [-0.15, -0.1) is 0 Å². The lowest BCUT2D eigenvalue weighted by Gasteiger charge is -2.11. The van der Waals surface area contributed by atoms with Crippen LogP contribution in [0.5, 0.6) is 0 Å². The van der Waals surface area contributed by atoms with Gasteiger partial charge in [-0.2, -0.15) is 0 Å². The van der Waals surface area contributed by atoms with Crippen LogP contribution in [0.3, 0.4) is 0 Å². The first-order valence-electron chi connectivity index (χ1n) is 9.53. The minimum absolute atomic E-state index is 0.131. The van der Waals surface area contributed by atoms with Crippen LogP contribution < -0.4 is 10.9 Å². The summed E-state index contributed by atoms with van der Waals surface area (Å²) in [4.78, 5) is 33.2. The van der Waals surface area contributed by atoms with Crippen LogP contribution in [0.4, 0.5) is 5.69 Å². The van der Waals surface area contributed by atoms with Crippen molar-refractivity contribution < 1.29 is 9.21 Å². The average molecular weight is 423 g/mol. The van der Waals surface area contributed by atoms with Crippen LogP contribution in [0.15, 0.2) is 57.0 Å². The number of thioether (sulfide) groups is 1. The third-order valence-corrected chi connectivity index (χ3v) is 5.83. The van der Waals surface area contributed by atoms with E-state index in [1.54, 1.807) is 18.4 Å². The zero-order valence-electron chi connectivity index (χ0n) is 17.0. The van der Waals surface area contributed by atoms with Crippen molar-refractivity contribution in [1.29, 1.82) is 0 Å². The van der Waals surface area contributed by atoms with Crippen molar-refractivity contribution in [2.24, 2.45) is 0 Å². The molecule has 0 radical (unpaired) electrons. The fourth-order valence-electron chi connectivity index (χ4n) is 3.17. The molecule has 0 saturated carbocycles. The number of benzene rings is 1. The third kappa shape index (κ3) is 4.18. The van der Waals surface area contributed by atoms with Gasteiger partial charge < -0.3 is 14.7 Å². The van der Waals surface area contributed by atoms with Crippen molar-refractivity contribution in [3.8, 4) is 0 Å². The second kappa shape index (κ2) is 8.23. The molecule has 4 rings (SSSR count). The zero-order valence-corrected chi connectivity index (χ0v) is 17.8. The Bertz CT molecular complexity index is 1270. The predicted octanol–water partition coefficient (Wildman–Crippen LogP) is 4.02. The van der Waals surface area contributed by atoms with E-state index in [0.29, 0.717) is 22.0 Å². The topological polar surface area (TPSA) is 92.9 Å². The molecule has 0 spiro atoms. The molecule has 1 aromatic carbocycles. The lowest BCUT2D eigenvalue weighted by atomic mass is 10.1. The molecule has 0 bridgehead atoms. The van der Waals surface area contributed by atoms with E-state index in [2.05, 4.69) is 15.3 Å². The molecule has 3 heterocycles. The van der Waals surface area contributed by atoms with Gasteiger partial charge in [-0.25, -0.2) is 4.98 Å². The van der Waals surface area contributed by atoms with Gasteiger partial charge in [0, 0.05) is 11.4 Å². The largest absolute Gasteiger partial charge is 0.467 e. The van der Waals surface area contributed by atoms with Crippen LogP contribution in [-0.4, -0.2) is 26.2 Å². The Morgan fingerprint density at radius 1 is 1.20 bits per heavy atom. The average Bonchev–Trinajstić information content (AvgIpc) is 3.35. The van der Waals surface area contributed by atoms with Crippen LogP contribution in [0.2, 0.25) is 0 Å². The van der Waals surface area contributed by atoms with E-state index >= 15 is 0 Å². The van der Waals surface area contributed by atoms with E-state index in [4.69, 9.17) is 4.42 Å². The van der Waals surface area contributed by atoms with E-state index < -0.39 is 0 Å². The summed E-state index contributed by atoms with van der Waals surface area (Å²) in [6.07, 6.45) is 1.56. The van der Waals surface area contributed by atoms with Crippen LogP contribution >= 0.6 is 11.8 Å². The number of fused-ring (bicyclic) bond motifs is 1. The molecule has 2 N–H and O–H groups in total. The summed E-state index contributed by atoms with van der Waals surface area (Å²) in [7, 11) is 0. The van der Waals surface area contributed by atoms with Crippen molar-refractivity contribution in [2.45, 2.75) is 32.5 Å². The number of nitrogens with one attached hydrogen (secondary N) is 2. The standard InChI is InChI=1S/C22H22N4O3S/c1-13-6-7-16(9-14(13)2)24-19(27)12-30-22-25-18-10-15(3)23-20(18)21(28)26(22)11-17-5-4-8-29-17/h4-10,23H,11-12H2,1-3H3,(H,24,27). The maximum absolute atomic E-state index is 13.0. The Morgan fingerprint density at radius 2 is 2.03 bits per heavy atom. The SMILES string of the molecule is Cc1cc2nc(SCC(=O)Nc3ccc(C)c(C)c3)n(Cc3ccco3)c(=O)c2[nH]1. The summed E-state index contributed by atoms with van der Waals surface area (Å²) in [6, 6.07) is 11.2. The van der Waals surface area contributed by atoms with Gasteiger partial charge in [0.25, 0.3) is 5.56 Å². The highest BCUT2D eigenvalue weighted by atomic mass is 32.2. The molecule has 0 unspecified atom stereocenters. The number of anilines is 1. The number of aromatic amines is 1. The molecule has 154 valence electrons. The minimum Gasteiger partial charge on any atom is -0.467 e. The monoisotopic (exact) mass is 422 g/mol. The van der Waals surface area contributed by atoms with Crippen LogP contribution in [0.25, 0.3) is 11.0 Å². The molecule has 0 fully saturated rings. The molecule has 0 saturated heterocycles. The number of amides is 1. The molecule has 3 aromatic heterocycles. The number of hydrogen-bond acceptors (Lipinski definition) is 5. The maximum Gasteiger partial charge on any atom is 0.278 e. The van der Waals surface area contributed by atoms with Crippen molar-refractivity contribution >= 4 is 34.4 Å². The van der Waals surface area contributed by atoms with Crippen molar-refractivity contribution in [3.05, 3.63) is 75.6 Å². The van der Waals surface area contributed by atoms with Crippen LogP contribution in [0, 0.1) is 20.8 Å². The van der Waals surface area contributed by atoms with Gasteiger partial charge >= 0.3 is 0 Å². The quantitative estimate of drug-likeness (QED) is 0.362. The van der Waals surface area contributed by atoms with Gasteiger partial charge in [0.05, 0.1) is 24.1 Å². The molecule has 4 aromatic rings. The van der Waals surface area contributed by atoms with Gasteiger partial charge in [-0.05, 0) is 62.2 Å². The molecule has 8 heteroatoms. The second-order valence-electron chi connectivity index (χ2n) is 7.21. The molecule has 0 atom stereocenters. The van der Waals surface area contributed by atoms with E-state index in [0.717, 1.165) is 16.9 Å². The Labute approximate surface area is 177 Å². The van der Waals surface area contributed by atoms with Crippen LogP contribution in [-0.2, 0) is 11.3 Å². The molecule has 7 nitrogen and oxygen atoms in total. The van der Waals surface area contributed by atoms with Crippen molar-refractivity contribution in [2.75, 3.05) is 11.1 Å². The Kier molecular flexibility index (Phi) is 5.50. The molecular weight excluding hydrogens is 400 g/mol. The number of nitrogens with zero attached hydrogens (tertiary/aromatic N) is 2. The van der Waals surface area contributed by atoms with E-state index in [1.807, 2.05) is 45.0 Å². The summed E-state index contributed by atoms with van der Waals surface area (Å²) in [6.45, 7) is 6.15. The highest BCUT2D eigenvalue weighted by Crippen LogP contribution is 2.21. The normalized spacial score (nSPS) is 11.2. The maximum atomic E-state index is 13.0. The van der Waals surface area contributed by atoms with Gasteiger partial charge in [0.2, 0.25) is 5.91 Å². The number of carbonyl (C=O) groups is 1. The second-order valence-corrected chi connectivity index (χ2v) is 8.16. The highest BCUT2D eigenvalue weighted by Gasteiger charge is 2.16. The van der Waals surface area contributed by atoms with Gasteiger partial charge in [-0.3, -0.25) is 14.2 Å². The fourth-order valence-corrected chi connectivity index (χ4v) is 3.96. The molecular formula is C22H22N4O3S. The molecule has 0 aliphatic rings. The first-order valence-corrected chi connectivity index (χ1v) is 10.5.